The van der Waals surface area contributed by atoms with Crippen LogP contribution in [0.4, 0.5) is 4.39 Å². The molecule has 0 unspecified atom stereocenters. The first-order valence-corrected chi connectivity index (χ1v) is 4.52. The summed E-state index contributed by atoms with van der Waals surface area (Å²) >= 11 is 0. The van der Waals surface area contributed by atoms with E-state index in [9.17, 15) is 14.0 Å². The number of fused-ring (bicyclic) bond motifs is 1. The van der Waals surface area contributed by atoms with E-state index in [1.165, 1.54) is 24.4 Å². The molecule has 1 aromatic carbocycles. The second kappa shape index (κ2) is 3.77. The molecule has 0 fully saturated rings. The van der Waals surface area contributed by atoms with E-state index in [0.717, 1.165) is 7.11 Å². The third kappa shape index (κ3) is 1.56. The number of aromatic nitrogens is 1. The van der Waals surface area contributed by atoms with Crippen molar-refractivity contribution in [3.63, 3.8) is 0 Å². The van der Waals surface area contributed by atoms with Crippen molar-refractivity contribution < 1.29 is 18.7 Å². The van der Waals surface area contributed by atoms with Gasteiger partial charge >= 0.3 is 5.97 Å². The first kappa shape index (κ1) is 10.4. The van der Waals surface area contributed by atoms with Gasteiger partial charge in [-0.15, -0.1) is 0 Å². The minimum atomic E-state index is -0.940. The number of methoxy groups -OCH3 is 1. The summed E-state index contributed by atoms with van der Waals surface area (Å²) in [5, 5.41) is 0.497. The number of aromatic amines is 1. The summed E-state index contributed by atoms with van der Waals surface area (Å²) in [6.07, 6.45) is 1.36. The number of hydrogen-bond acceptors (Lipinski definition) is 3. The Bertz CT molecular complexity index is 574. The molecule has 0 aliphatic rings. The number of ether oxygens (including phenoxy) is 1. The maximum absolute atomic E-state index is 12.9. The normalized spacial score (nSPS) is 10.4. The van der Waals surface area contributed by atoms with Gasteiger partial charge in [-0.3, -0.25) is 4.79 Å². The van der Waals surface area contributed by atoms with Gasteiger partial charge in [0.05, 0.1) is 12.7 Å². The van der Waals surface area contributed by atoms with E-state index in [2.05, 4.69) is 9.72 Å². The molecule has 1 N–H and O–H groups in total. The highest BCUT2D eigenvalue weighted by molar-refractivity contribution is 6.42. The Morgan fingerprint density at radius 3 is 2.81 bits per heavy atom. The van der Waals surface area contributed by atoms with Crippen molar-refractivity contribution in [1.82, 2.24) is 4.98 Å². The van der Waals surface area contributed by atoms with Crippen molar-refractivity contribution in [2.45, 2.75) is 0 Å². The fourth-order valence-electron chi connectivity index (χ4n) is 1.49. The molecule has 0 aliphatic carbocycles. The molecule has 0 atom stereocenters. The molecule has 0 saturated heterocycles. The fourth-order valence-corrected chi connectivity index (χ4v) is 1.49. The van der Waals surface area contributed by atoms with E-state index < -0.39 is 17.6 Å². The first-order chi connectivity index (χ1) is 7.63. The van der Waals surface area contributed by atoms with Crippen molar-refractivity contribution in [2.75, 3.05) is 7.11 Å². The molecule has 0 bridgehead atoms. The van der Waals surface area contributed by atoms with Crippen molar-refractivity contribution in [3.8, 4) is 0 Å². The van der Waals surface area contributed by atoms with Crippen molar-refractivity contribution in [2.24, 2.45) is 0 Å². The summed E-state index contributed by atoms with van der Waals surface area (Å²) in [6.45, 7) is 0. The van der Waals surface area contributed by atoms with Crippen LogP contribution in [0, 0.1) is 5.82 Å². The lowest BCUT2D eigenvalue weighted by molar-refractivity contribution is -0.135. The Hall–Kier alpha value is -2.17. The fraction of sp³-hybridized carbons (Fsp3) is 0.0909. The van der Waals surface area contributed by atoms with Crippen molar-refractivity contribution in [1.29, 1.82) is 0 Å². The Morgan fingerprint density at radius 2 is 2.12 bits per heavy atom. The molecule has 0 radical (unpaired) electrons. The SMILES string of the molecule is COC(=O)C(=O)c1c[nH]c2cc(F)ccc12. The average Bonchev–Trinajstić information content (AvgIpc) is 2.69. The number of nitrogens with one attached hydrogen (secondary N) is 1. The molecular weight excluding hydrogens is 213 g/mol. The number of rotatable bonds is 2. The molecule has 82 valence electrons. The van der Waals surface area contributed by atoms with E-state index >= 15 is 0 Å². The average molecular weight is 221 g/mol. The summed E-state index contributed by atoms with van der Waals surface area (Å²) in [4.78, 5) is 25.3. The van der Waals surface area contributed by atoms with Crippen LogP contribution in [0.15, 0.2) is 24.4 Å². The number of halogens is 1. The topological polar surface area (TPSA) is 59.2 Å². The van der Waals surface area contributed by atoms with Crippen LogP contribution in [0.1, 0.15) is 10.4 Å². The first-order valence-electron chi connectivity index (χ1n) is 4.52. The van der Waals surface area contributed by atoms with Crippen LogP contribution in [-0.2, 0) is 9.53 Å². The molecule has 0 aliphatic heterocycles. The smallest absolute Gasteiger partial charge is 0.379 e. The zero-order valence-corrected chi connectivity index (χ0v) is 8.41. The summed E-state index contributed by atoms with van der Waals surface area (Å²) in [6, 6.07) is 3.92. The molecule has 5 heteroatoms. The highest BCUT2D eigenvalue weighted by atomic mass is 19.1. The second-order valence-electron chi connectivity index (χ2n) is 3.21. The van der Waals surface area contributed by atoms with E-state index in [4.69, 9.17) is 0 Å². The number of esters is 1. The minimum Gasteiger partial charge on any atom is -0.463 e. The summed E-state index contributed by atoms with van der Waals surface area (Å²) in [7, 11) is 1.13. The minimum absolute atomic E-state index is 0.182. The molecule has 1 aromatic heterocycles. The van der Waals surface area contributed by atoms with Gasteiger partial charge in [0, 0.05) is 17.1 Å². The Morgan fingerprint density at radius 1 is 1.38 bits per heavy atom. The van der Waals surface area contributed by atoms with E-state index in [1.807, 2.05) is 0 Å². The van der Waals surface area contributed by atoms with E-state index in [1.54, 1.807) is 0 Å². The van der Waals surface area contributed by atoms with Crippen LogP contribution in [0.3, 0.4) is 0 Å². The summed E-state index contributed by atoms with van der Waals surface area (Å²) in [5.41, 5.74) is 0.647. The van der Waals surface area contributed by atoms with Crippen molar-refractivity contribution in [3.05, 3.63) is 35.8 Å². The van der Waals surface area contributed by atoms with Crippen LogP contribution in [0.5, 0.6) is 0 Å². The lowest BCUT2D eigenvalue weighted by atomic mass is 10.1. The lowest BCUT2D eigenvalue weighted by Gasteiger charge is -1.96. The van der Waals surface area contributed by atoms with Gasteiger partial charge in [-0.2, -0.15) is 0 Å². The highest BCUT2D eigenvalue weighted by Gasteiger charge is 2.20. The number of carbonyl (C=O) groups is 2. The maximum Gasteiger partial charge on any atom is 0.379 e. The summed E-state index contributed by atoms with van der Waals surface area (Å²) < 4.78 is 17.2. The van der Waals surface area contributed by atoms with E-state index in [-0.39, 0.29) is 5.56 Å². The zero-order chi connectivity index (χ0) is 11.7. The molecular formula is C11H8FNO3. The van der Waals surface area contributed by atoms with Crippen molar-refractivity contribution >= 4 is 22.7 Å². The maximum atomic E-state index is 12.9. The van der Waals surface area contributed by atoms with Crippen LogP contribution in [0.2, 0.25) is 0 Å². The van der Waals surface area contributed by atoms with Gasteiger partial charge in [0.25, 0.3) is 5.78 Å². The molecule has 0 amide bonds. The molecule has 16 heavy (non-hydrogen) atoms. The Labute approximate surface area is 90.0 Å². The number of hydrogen-bond donors (Lipinski definition) is 1. The Kier molecular flexibility index (Phi) is 2.44. The van der Waals surface area contributed by atoms with Gasteiger partial charge in [-0.05, 0) is 18.2 Å². The number of Topliss-reactive ketones (excluding diaryl/α,β-unsaturated/α-hetero) is 1. The van der Waals surface area contributed by atoms with Crippen LogP contribution < -0.4 is 0 Å². The van der Waals surface area contributed by atoms with Gasteiger partial charge in [0.15, 0.2) is 0 Å². The largest absolute Gasteiger partial charge is 0.463 e. The number of H-pyrrole nitrogens is 1. The van der Waals surface area contributed by atoms with Crippen LogP contribution in [-0.4, -0.2) is 23.8 Å². The second-order valence-corrected chi connectivity index (χ2v) is 3.21. The van der Waals surface area contributed by atoms with Crippen LogP contribution in [0.25, 0.3) is 10.9 Å². The monoisotopic (exact) mass is 221 g/mol. The number of carbonyl (C=O) groups excluding carboxylic acids is 2. The van der Waals surface area contributed by atoms with Gasteiger partial charge in [0.2, 0.25) is 0 Å². The molecule has 0 saturated carbocycles. The number of benzene rings is 1. The van der Waals surface area contributed by atoms with Gasteiger partial charge in [-0.1, -0.05) is 0 Å². The van der Waals surface area contributed by atoms with Crippen LogP contribution >= 0.6 is 0 Å². The molecule has 2 rings (SSSR count). The third-order valence-electron chi connectivity index (χ3n) is 2.26. The van der Waals surface area contributed by atoms with Gasteiger partial charge in [0.1, 0.15) is 5.82 Å². The van der Waals surface area contributed by atoms with Gasteiger partial charge < -0.3 is 9.72 Å². The third-order valence-corrected chi connectivity index (χ3v) is 2.26. The predicted molar refractivity (Wildman–Crippen MR) is 54.6 cm³/mol. The summed E-state index contributed by atoms with van der Waals surface area (Å²) in [5.74, 6) is -2.10. The predicted octanol–water partition coefficient (Wildman–Crippen LogP) is 1.66. The molecule has 2 aromatic rings. The molecule has 4 nitrogen and oxygen atoms in total. The highest BCUT2D eigenvalue weighted by Crippen LogP contribution is 2.19. The lowest BCUT2D eigenvalue weighted by Crippen LogP contribution is -2.15. The number of ketones is 1. The molecule has 1 heterocycles. The zero-order valence-electron chi connectivity index (χ0n) is 8.41. The van der Waals surface area contributed by atoms with E-state index in [0.29, 0.717) is 10.9 Å². The standard InChI is InChI=1S/C11H8FNO3/c1-16-11(15)10(14)8-5-13-9-4-6(12)2-3-7(8)9/h2-5,13H,1H3. The van der Waals surface area contributed by atoms with Gasteiger partial charge in [-0.25, -0.2) is 9.18 Å². The Balaban J connectivity index is 2.54. The molecule has 0 spiro atoms. The quantitative estimate of drug-likeness (QED) is 0.476.